The van der Waals surface area contributed by atoms with Crippen LogP contribution in [0.3, 0.4) is 0 Å². The van der Waals surface area contributed by atoms with Crippen molar-refractivity contribution in [3.63, 3.8) is 0 Å². The number of benzene rings is 2. The number of amides is 2. The maximum Gasteiger partial charge on any atom is 0.262 e. The first kappa shape index (κ1) is 25.7. The predicted octanol–water partition coefficient (Wildman–Crippen LogP) is 3.83. The second kappa shape index (κ2) is 9.93. The lowest BCUT2D eigenvalue weighted by Gasteiger charge is -2.28. The molecule has 0 aromatic heterocycles. The molecule has 4 rings (SSSR count). The van der Waals surface area contributed by atoms with Crippen molar-refractivity contribution in [3.05, 3.63) is 52.1 Å². The summed E-state index contributed by atoms with van der Waals surface area (Å²) >= 11 is 3.19. The van der Waals surface area contributed by atoms with Crippen LogP contribution >= 0.6 is 16.1 Å². The van der Waals surface area contributed by atoms with Crippen LogP contribution in [0.1, 0.15) is 65.1 Å². The summed E-state index contributed by atoms with van der Waals surface area (Å²) < 4.78 is 15.7. The van der Waals surface area contributed by atoms with Gasteiger partial charge in [-0.1, -0.05) is 20.8 Å². The van der Waals surface area contributed by atoms with Crippen LogP contribution in [-0.4, -0.2) is 55.1 Å². The molecule has 0 aliphatic carbocycles. The maximum atomic E-state index is 13.5. The van der Waals surface area contributed by atoms with E-state index in [-0.39, 0.29) is 36.2 Å². The van der Waals surface area contributed by atoms with Crippen LogP contribution in [0.4, 0.5) is 5.69 Å². The molecule has 0 atom stereocenters. The van der Waals surface area contributed by atoms with E-state index < -0.39 is 0 Å². The molecule has 2 aliphatic rings. The lowest BCUT2D eigenvalue weighted by atomic mass is 9.84. The number of ketones is 1. The zero-order chi connectivity index (χ0) is 26.2. The number of halogens is 1. The van der Waals surface area contributed by atoms with E-state index in [2.05, 4.69) is 30.8 Å². The largest absolute Gasteiger partial charge is 0.493 e. The zero-order valence-electron chi connectivity index (χ0n) is 21.0. The van der Waals surface area contributed by atoms with E-state index in [4.69, 9.17) is 9.47 Å². The van der Waals surface area contributed by atoms with E-state index in [1.54, 1.807) is 19.2 Å². The topological polar surface area (TPSA) is 109 Å². The van der Waals surface area contributed by atoms with Crippen LogP contribution < -0.4 is 20.1 Å². The standard InChI is InChI=1S/C26H29BrN4O5/c1-6-35-21-9-15-11-31(24(30-27)16(15)10-17(21)25(34)28-5)12-20(32)14-7-18(26(2,3)4)23-19(8-14)29-22(33)13-36-23/h7-10H,6,11-13H2,1-5H3,(H,28,34)(H,29,33). The van der Waals surface area contributed by atoms with Gasteiger partial charge in [-0.05, 0) is 42.2 Å². The molecule has 0 spiro atoms. The summed E-state index contributed by atoms with van der Waals surface area (Å²) in [5.74, 6) is 0.974. The Morgan fingerprint density at radius 3 is 2.64 bits per heavy atom. The third kappa shape index (κ3) is 4.82. The Kier molecular flexibility index (Phi) is 7.08. The highest BCUT2D eigenvalue weighted by atomic mass is 79.9. The molecule has 0 fully saturated rings. The minimum Gasteiger partial charge on any atom is -0.493 e. The van der Waals surface area contributed by atoms with Gasteiger partial charge >= 0.3 is 0 Å². The van der Waals surface area contributed by atoms with Crippen molar-refractivity contribution < 1.29 is 23.9 Å². The van der Waals surface area contributed by atoms with Gasteiger partial charge in [-0.15, -0.1) is 0 Å². The molecule has 2 aromatic carbocycles. The minimum absolute atomic E-state index is 0.0512. The van der Waals surface area contributed by atoms with E-state index in [1.165, 1.54) is 0 Å². The summed E-state index contributed by atoms with van der Waals surface area (Å²) in [7, 11) is 1.56. The molecule has 2 aliphatic heterocycles. The van der Waals surface area contributed by atoms with Crippen molar-refractivity contribution >= 4 is 45.3 Å². The number of hydrogen-bond donors (Lipinski definition) is 2. The van der Waals surface area contributed by atoms with Gasteiger partial charge in [0.05, 0.1) is 40.5 Å². The molecule has 2 heterocycles. The summed E-state index contributed by atoms with van der Waals surface area (Å²) in [5.41, 5.74) is 3.56. The van der Waals surface area contributed by atoms with E-state index >= 15 is 0 Å². The maximum absolute atomic E-state index is 13.5. The lowest BCUT2D eigenvalue weighted by Crippen LogP contribution is -2.32. The second-order valence-electron chi connectivity index (χ2n) is 9.69. The van der Waals surface area contributed by atoms with Crippen molar-refractivity contribution in [2.45, 2.75) is 39.7 Å². The van der Waals surface area contributed by atoms with Gasteiger partial charge in [0.1, 0.15) is 17.3 Å². The van der Waals surface area contributed by atoms with E-state index in [9.17, 15) is 14.4 Å². The summed E-state index contributed by atoms with van der Waals surface area (Å²) in [5, 5.41) is 5.46. The third-order valence-corrected chi connectivity index (χ3v) is 6.47. The Hall–Kier alpha value is -3.40. The molecule has 190 valence electrons. The van der Waals surface area contributed by atoms with Gasteiger partial charge in [-0.2, -0.15) is 4.02 Å². The first-order chi connectivity index (χ1) is 17.1. The van der Waals surface area contributed by atoms with Crippen LogP contribution in [0.15, 0.2) is 28.3 Å². The normalized spacial score (nSPS) is 15.7. The number of nitrogens with zero attached hydrogens (tertiary/aromatic N) is 2. The van der Waals surface area contributed by atoms with Crippen molar-refractivity contribution in [3.8, 4) is 11.5 Å². The first-order valence-corrected chi connectivity index (χ1v) is 12.4. The van der Waals surface area contributed by atoms with Gasteiger partial charge in [-0.25, -0.2) is 0 Å². The van der Waals surface area contributed by atoms with Crippen molar-refractivity contribution in [2.75, 3.05) is 32.1 Å². The quantitative estimate of drug-likeness (QED) is 0.523. The molecule has 0 bridgehead atoms. The number of hydrogen-bond acceptors (Lipinski definition) is 6. The Balaban J connectivity index is 1.67. The Bertz CT molecular complexity index is 1280. The summed E-state index contributed by atoms with van der Waals surface area (Å²) in [6, 6.07) is 7.07. The second-order valence-corrected chi connectivity index (χ2v) is 10.0. The van der Waals surface area contributed by atoms with Crippen LogP contribution in [0.25, 0.3) is 0 Å². The van der Waals surface area contributed by atoms with Crippen LogP contribution in [0, 0.1) is 0 Å². The van der Waals surface area contributed by atoms with E-state index in [0.717, 1.165) is 16.7 Å². The molecular formula is C26H29BrN4O5. The number of ether oxygens (including phenoxy) is 2. The Morgan fingerprint density at radius 1 is 1.25 bits per heavy atom. The molecular weight excluding hydrogens is 528 g/mol. The van der Waals surface area contributed by atoms with Gasteiger partial charge in [0.15, 0.2) is 12.4 Å². The average molecular weight is 557 g/mol. The number of carbonyl (C=O) groups excluding carboxylic acids is 3. The molecule has 0 saturated carbocycles. The first-order valence-electron chi connectivity index (χ1n) is 11.7. The number of rotatable bonds is 6. The van der Waals surface area contributed by atoms with Crippen molar-refractivity contribution in [2.24, 2.45) is 4.02 Å². The molecule has 2 N–H and O–H groups in total. The van der Waals surface area contributed by atoms with Gasteiger partial charge in [0.25, 0.3) is 11.8 Å². The molecule has 10 heteroatoms. The number of amidine groups is 1. The summed E-state index contributed by atoms with van der Waals surface area (Å²) in [6.45, 7) is 8.79. The summed E-state index contributed by atoms with van der Waals surface area (Å²) in [4.78, 5) is 39.7. The fourth-order valence-corrected chi connectivity index (χ4v) is 4.83. The van der Waals surface area contributed by atoms with E-state index in [1.807, 2.05) is 44.7 Å². The smallest absolute Gasteiger partial charge is 0.262 e. The molecule has 0 unspecified atom stereocenters. The number of Topliss-reactive ketones (excluding diaryl/α,β-unsaturated/α-hetero) is 1. The number of carbonyl (C=O) groups is 3. The number of nitrogens with one attached hydrogen (secondary N) is 2. The highest BCUT2D eigenvalue weighted by molar-refractivity contribution is 9.08. The highest BCUT2D eigenvalue weighted by Crippen LogP contribution is 2.40. The molecule has 2 aromatic rings. The van der Waals surface area contributed by atoms with Crippen molar-refractivity contribution in [1.82, 2.24) is 10.2 Å². The molecule has 9 nitrogen and oxygen atoms in total. The predicted molar refractivity (Wildman–Crippen MR) is 140 cm³/mol. The number of anilines is 1. The van der Waals surface area contributed by atoms with Gasteiger partial charge in [0, 0.05) is 30.3 Å². The van der Waals surface area contributed by atoms with Crippen LogP contribution in [0.5, 0.6) is 11.5 Å². The van der Waals surface area contributed by atoms with Gasteiger partial charge < -0.3 is 25.0 Å². The highest BCUT2D eigenvalue weighted by Gasteiger charge is 2.32. The van der Waals surface area contributed by atoms with Crippen LogP contribution in [0.2, 0.25) is 0 Å². The monoisotopic (exact) mass is 556 g/mol. The Morgan fingerprint density at radius 2 is 2.00 bits per heavy atom. The van der Waals surface area contributed by atoms with Gasteiger partial charge in [-0.3, -0.25) is 14.4 Å². The molecule has 0 saturated heterocycles. The molecule has 0 radical (unpaired) electrons. The summed E-state index contributed by atoms with van der Waals surface area (Å²) in [6.07, 6.45) is 0. The minimum atomic E-state index is -0.305. The number of fused-ring (bicyclic) bond motifs is 2. The average Bonchev–Trinajstić information content (AvgIpc) is 3.17. The molecule has 2 amide bonds. The Labute approximate surface area is 218 Å². The van der Waals surface area contributed by atoms with Crippen LogP contribution in [-0.2, 0) is 16.8 Å². The third-order valence-electron chi connectivity index (χ3n) is 6.13. The fraction of sp³-hybridized carbons (Fsp3) is 0.385. The van der Waals surface area contributed by atoms with Gasteiger partial charge in [0.2, 0.25) is 0 Å². The fourth-order valence-electron chi connectivity index (χ4n) is 4.41. The lowest BCUT2D eigenvalue weighted by molar-refractivity contribution is -0.118. The SMILES string of the molecule is CCOc1cc2c(cc1C(=O)NC)C(=NBr)N(CC(=O)c1cc3c(c(C(C)(C)C)c1)OCC(=O)N3)C2. The zero-order valence-corrected chi connectivity index (χ0v) is 22.5. The van der Waals surface area contributed by atoms with E-state index in [0.29, 0.717) is 47.3 Å². The molecule has 36 heavy (non-hydrogen) atoms. The van der Waals surface area contributed by atoms with Crippen molar-refractivity contribution in [1.29, 1.82) is 0 Å².